The molecule has 0 bridgehead atoms. The first-order valence-electron chi connectivity index (χ1n) is 7.55. The van der Waals surface area contributed by atoms with Crippen LogP contribution in [0.4, 0.5) is 57.1 Å². The molecule has 0 saturated carbocycles. The lowest BCUT2D eigenvalue weighted by Gasteiger charge is -2.37. The van der Waals surface area contributed by atoms with Crippen LogP contribution in [0.25, 0.3) is 11.1 Å². The molecule has 0 spiro atoms. The van der Waals surface area contributed by atoms with Crippen molar-refractivity contribution in [3.05, 3.63) is 56.9 Å². The SMILES string of the molecule is Fc1ccccc1-c1c(I)[c]c(C(F)(F)F)cc1C(F)(C(F)(F)F)C(F)(F)C(F)(F)F. The van der Waals surface area contributed by atoms with Crippen LogP contribution in [0.3, 0.4) is 0 Å². The lowest BCUT2D eigenvalue weighted by Crippen LogP contribution is -2.60. The second-order valence-corrected chi connectivity index (χ2v) is 7.07. The average molecular weight is 583 g/mol. The van der Waals surface area contributed by atoms with E-state index < -0.39 is 67.8 Å². The Labute approximate surface area is 178 Å². The molecule has 1 atom stereocenters. The monoisotopic (exact) mass is 583 g/mol. The predicted octanol–water partition coefficient (Wildman–Crippen LogP) is 7.84. The van der Waals surface area contributed by atoms with E-state index in [4.69, 9.17) is 0 Å². The molecule has 0 nitrogen and oxygen atoms in total. The molecule has 1 radical (unpaired) electrons. The molecule has 0 aromatic heterocycles. The standard InChI is InChI=1S/C17H5F13I/c18-10-4-2-1-3-8(10)12-9(5-7(6-11(12)31)14(20,21)22)13(19,16(25,26)27)15(23,24)17(28,29)30/h1-5H. The molecular formula is C17H5F13I. The zero-order valence-electron chi connectivity index (χ0n) is 14.2. The van der Waals surface area contributed by atoms with Gasteiger partial charge in [-0.1, -0.05) is 18.2 Å². The van der Waals surface area contributed by atoms with Crippen molar-refractivity contribution in [2.75, 3.05) is 0 Å². The van der Waals surface area contributed by atoms with Crippen LogP contribution in [0, 0.1) is 15.5 Å². The van der Waals surface area contributed by atoms with Gasteiger partial charge in [0.2, 0.25) is 0 Å². The van der Waals surface area contributed by atoms with Crippen molar-refractivity contribution in [2.45, 2.75) is 30.1 Å². The van der Waals surface area contributed by atoms with Gasteiger partial charge < -0.3 is 0 Å². The summed E-state index contributed by atoms with van der Waals surface area (Å²) < 4.78 is 174. The Morgan fingerprint density at radius 2 is 1.26 bits per heavy atom. The van der Waals surface area contributed by atoms with E-state index in [2.05, 4.69) is 0 Å². The summed E-state index contributed by atoms with van der Waals surface area (Å²) in [7, 11) is 0. The Bertz CT molecular complexity index is 971. The molecule has 2 aromatic rings. The fraction of sp³-hybridized carbons (Fsp3) is 0.294. The third-order valence-electron chi connectivity index (χ3n) is 4.02. The third kappa shape index (κ3) is 4.18. The second-order valence-electron chi connectivity index (χ2n) is 5.99. The highest BCUT2D eigenvalue weighted by Gasteiger charge is 2.82. The molecule has 31 heavy (non-hydrogen) atoms. The third-order valence-corrected chi connectivity index (χ3v) is 4.83. The Morgan fingerprint density at radius 3 is 1.68 bits per heavy atom. The molecule has 0 aliphatic carbocycles. The summed E-state index contributed by atoms with van der Waals surface area (Å²) in [4.78, 5) is 0. The summed E-state index contributed by atoms with van der Waals surface area (Å²) in [5.41, 5.74) is -14.5. The molecule has 2 rings (SSSR count). The van der Waals surface area contributed by atoms with Crippen molar-refractivity contribution in [1.29, 1.82) is 0 Å². The van der Waals surface area contributed by atoms with Crippen molar-refractivity contribution in [1.82, 2.24) is 0 Å². The van der Waals surface area contributed by atoms with Crippen molar-refractivity contribution in [3.63, 3.8) is 0 Å². The highest BCUT2D eigenvalue weighted by atomic mass is 127. The van der Waals surface area contributed by atoms with Gasteiger partial charge in [-0.15, -0.1) is 0 Å². The normalized spacial score (nSPS) is 15.7. The number of rotatable bonds is 3. The van der Waals surface area contributed by atoms with Crippen LogP contribution < -0.4 is 0 Å². The van der Waals surface area contributed by atoms with E-state index in [0.717, 1.165) is 34.7 Å². The molecule has 171 valence electrons. The van der Waals surface area contributed by atoms with Crippen molar-refractivity contribution < 1.29 is 57.1 Å². The highest BCUT2D eigenvalue weighted by Crippen LogP contribution is 2.60. The first-order valence-corrected chi connectivity index (χ1v) is 8.63. The van der Waals surface area contributed by atoms with Crippen molar-refractivity contribution in [3.8, 4) is 11.1 Å². The molecule has 0 aliphatic rings. The average Bonchev–Trinajstić information content (AvgIpc) is 2.58. The Morgan fingerprint density at radius 1 is 0.742 bits per heavy atom. The molecule has 0 aliphatic heterocycles. The summed E-state index contributed by atoms with van der Waals surface area (Å²) in [6.07, 6.45) is -19.9. The van der Waals surface area contributed by atoms with Crippen molar-refractivity contribution >= 4 is 22.6 Å². The van der Waals surface area contributed by atoms with Crippen LogP contribution >= 0.6 is 22.6 Å². The molecule has 0 amide bonds. The molecular weight excluding hydrogens is 578 g/mol. The summed E-state index contributed by atoms with van der Waals surface area (Å²) in [6, 6.07) is 3.49. The topological polar surface area (TPSA) is 0 Å². The first-order chi connectivity index (χ1) is 13.8. The number of benzene rings is 2. The Kier molecular flexibility index (Phi) is 6.33. The summed E-state index contributed by atoms with van der Waals surface area (Å²) in [6.45, 7) is 0. The molecule has 1 unspecified atom stereocenters. The number of hydrogen-bond donors (Lipinski definition) is 0. The molecule has 0 heterocycles. The van der Waals surface area contributed by atoms with Crippen LogP contribution in [0.1, 0.15) is 11.1 Å². The van der Waals surface area contributed by atoms with Gasteiger partial charge in [0.25, 0.3) is 0 Å². The van der Waals surface area contributed by atoms with Crippen LogP contribution in [0.5, 0.6) is 0 Å². The van der Waals surface area contributed by atoms with E-state index in [1.807, 2.05) is 0 Å². The van der Waals surface area contributed by atoms with Gasteiger partial charge in [-0.05, 0) is 34.7 Å². The molecule has 0 saturated heterocycles. The van der Waals surface area contributed by atoms with Gasteiger partial charge in [-0.3, -0.25) is 0 Å². The van der Waals surface area contributed by atoms with Gasteiger partial charge in [-0.25, -0.2) is 8.78 Å². The van der Waals surface area contributed by atoms with E-state index in [0.29, 0.717) is 12.1 Å². The fourth-order valence-corrected chi connectivity index (χ4v) is 3.47. The largest absolute Gasteiger partial charge is 0.457 e. The maximum Gasteiger partial charge on any atom is 0.457 e. The smallest absolute Gasteiger partial charge is 0.221 e. The highest BCUT2D eigenvalue weighted by molar-refractivity contribution is 14.1. The van der Waals surface area contributed by atoms with E-state index in [-0.39, 0.29) is 0 Å². The van der Waals surface area contributed by atoms with E-state index >= 15 is 4.39 Å². The number of alkyl halides is 12. The fourth-order valence-electron chi connectivity index (χ4n) is 2.60. The van der Waals surface area contributed by atoms with Crippen LogP contribution in [0.2, 0.25) is 0 Å². The Hall–Kier alpha value is -1.74. The molecule has 2 aromatic carbocycles. The maximum absolute atomic E-state index is 15.0. The second kappa shape index (κ2) is 7.69. The lowest BCUT2D eigenvalue weighted by molar-refractivity contribution is -0.389. The first kappa shape index (κ1) is 25.5. The zero-order valence-corrected chi connectivity index (χ0v) is 16.3. The lowest BCUT2D eigenvalue weighted by atomic mass is 9.81. The summed E-state index contributed by atoms with van der Waals surface area (Å²) >= 11 is 0.807. The summed E-state index contributed by atoms with van der Waals surface area (Å²) in [5.74, 6) is -8.76. The van der Waals surface area contributed by atoms with E-state index in [9.17, 15) is 52.7 Å². The number of halogens is 14. The quantitative estimate of drug-likeness (QED) is 0.255. The van der Waals surface area contributed by atoms with Gasteiger partial charge in [0.05, 0.1) is 5.56 Å². The summed E-state index contributed by atoms with van der Waals surface area (Å²) in [5, 5.41) is 0. The van der Waals surface area contributed by atoms with Crippen LogP contribution in [0.15, 0.2) is 30.3 Å². The van der Waals surface area contributed by atoms with Gasteiger partial charge >= 0.3 is 30.1 Å². The van der Waals surface area contributed by atoms with Gasteiger partial charge in [0.1, 0.15) is 5.82 Å². The van der Waals surface area contributed by atoms with Crippen LogP contribution in [-0.4, -0.2) is 18.3 Å². The van der Waals surface area contributed by atoms with E-state index in [1.165, 1.54) is 6.07 Å². The zero-order chi connectivity index (χ0) is 24.2. The van der Waals surface area contributed by atoms with E-state index in [1.54, 1.807) is 0 Å². The van der Waals surface area contributed by atoms with Crippen molar-refractivity contribution in [2.24, 2.45) is 0 Å². The van der Waals surface area contributed by atoms with Gasteiger partial charge in [-0.2, -0.15) is 48.3 Å². The van der Waals surface area contributed by atoms with Crippen LogP contribution in [-0.2, 0) is 11.8 Å². The van der Waals surface area contributed by atoms with Gasteiger partial charge in [0.15, 0.2) is 0 Å². The molecule has 0 fully saturated rings. The number of hydrogen-bond acceptors (Lipinski definition) is 0. The Balaban J connectivity index is 3.14. The van der Waals surface area contributed by atoms with Gasteiger partial charge in [0, 0.05) is 26.3 Å². The maximum atomic E-state index is 15.0. The minimum atomic E-state index is -7.24. The predicted molar refractivity (Wildman–Crippen MR) is 88.2 cm³/mol. The molecule has 14 heteroatoms. The minimum absolute atomic E-state index is 0.530. The molecule has 0 N–H and O–H groups in total. The minimum Gasteiger partial charge on any atom is -0.221 e.